The fourth-order valence-corrected chi connectivity index (χ4v) is 4.34. The lowest BCUT2D eigenvalue weighted by atomic mass is 9.84. The second kappa shape index (κ2) is 6.34. The van der Waals surface area contributed by atoms with Crippen molar-refractivity contribution in [1.29, 1.82) is 0 Å². The minimum absolute atomic E-state index is 0.0590. The van der Waals surface area contributed by atoms with Crippen molar-refractivity contribution in [2.75, 3.05) is 13.2 Å². The Morgan fingerprint density at radius 1 is 1.10 bits per heavy atom. The smallest absolute Gasteiger partial charge is 0.326 e. The van der Waals surface area contributed by atoms with Gasteiger partial charge in [-0.05, 0) is 43.9 Å². The van der Waals surface area contributed by atoms with Crippen molar-refractivity contribution in [3.05, 3.63) is 0 Å². The molecule has 1 N–H and O–H groups in total. The third-order valence-electron chi connectivity index (χ3n) is 5.47. The van der Waals surface area contributed by atoms with Gasteiger partial charge in [0.1, 0.15) is 6.04 Å². The lowest BCUT2D eigenvalue weighted by Gasteiger charge is -2.34. The average molecular weight is 295 g/mol. The highest BCUT2D eigenvalue weighted by Gasteiger charge is 2.47. The van der Waals surface area contributed by atoms with Crippen LogP contribution in [0.2, 0.25) is 0 Å². The molecule has 1 amide bonds. The summed E-state index contributed by atoms with van der Waals surface area (Å²) in [5, 5.41) is 9.47. The molecule has 0 aromatic rings. The van der Waals surface area contributed by atoms with Gasteiger partial charge < -0.3 is 14.7 Å². The molecule has 1 saturated carbocycles. The summed E-state index contributed by atoms with van der Waals surface area (Å²) < 4.78 is 5.33. The Kier molecular flexibility index (Phi) is 4.48. The lowest BCUT2D eigenvalue weighted by Crippen LogP contribution is -2.46. The molecule has 1 aliphatic carbocycles. The number of fused-ring (bicyclic) bond motifs is 1. The SMILES string of the molecule is O=C(O)[C@@H]1C[C@@H]2CCCC[C@@H]2N1C(=O)CC1CCOCC1. The monoisotopic (exact) mass is 295 g/mol. The summed E-state index contributed by atoms with van der Waals surface area (Å²) in [5.41, 5.74) is 0. The van der Waals surface area contributed by atoms with E-state index < -0.39 is 12.0 Å². The van der Waals surface area contributed by atoms with E-state index in [1.165, 1.54) is 6.42 Å². The fourth-order valence-electron chi connectivity index (χ4n) is 4.34. The zero-order valence-corrected chi connectivity index (χ0v) is 12.5. The first kappa shape index (κ1) is 14.8. The van der Waals surface area contributed by atoms with Gasteiger partial charge in [0.25, 0.3) is 0 Å². The van der Waals surface area contributed by atoms with Crippen molar-refractivity contribution in [3.8, 4) is 0 Å². The van der Waals surface area contributed by atoms with Gasteiger partial charge in [0.05, 0.1) is 0 Å². The molecule has 5 heteroatoms. The largest absolute Gasteiger partial charge is 0.480 e. The number of rotatable bonds is 3. The first-order chi connectivity index (χ1) is 10.2. The van der Waals surface area contributed by atoms with Crippen molar-refractivity contribution in [2.45, 2.75) is 63.5 Å². The second-order valence-corrected chi connectivity index (χ2v) is 6.76. The van der Waals surface area contributed by atoms with E-state index >= 15 is 0 Å². The zero-order chi connectivity index (χ0) is 14.8. The van der Waals surface area contributed by atoms with Crippen LogP contribution < -0.4 is 0 Å². The second-order valence-electron chi connectivity index (χ2n) is 6.76. The molecule has 0 aromatic carbocycles. The van der Waals surface area contributed by atoms with E-state index in [2.05, 4.69) is 0 Å². The summed E-state index contributed by atoms with van der Waals surface area (Å²) in [6, 6.07) is -0.419. The van der Waals surface area contributed by atoms with Crippen LogP contribution in [0.4, 0.5) is 0 Å². The number of hydrogen-bond acceptors (Lipinski definition) is 3. The van der Waals surface area contributed by atoms with E-state index in [1.54, 1.807) is 4.90 Å². The molecule has 2 heterocycles. The van der Waals surface area contributed by atoms with Crippen LogP contribution >= 0.6 is 0 Å². The molecular formula is C16H25NO4. The maximum Gasteiger partial charge on any atom is 0.326 e. The molecule has 5 nitrogen and oxygen atoms in total. The third kappa shape index (κ3) is 3.07. The Morgan fingerprint density at radius 2 is 1.81 bits per heavy atom. The highest BCUT2D eigenvalue weighted by molar-refractivity contribution is 5.85. The Labute approximate surface area is 125 Å². The number of aliphatic carboxylic acids is 1. The Balaban J connectivity index is 1.69. The van der Waals surface area contributed by atoms with Crippen LogP contribution in [-0.4, -0.2) is 47.2 Å². The van der Waals surface area contributed by atoms with Gasteiger partial charge in [-0.2, -0.15) is 0 Å². The standard InChI is InChI=1S/C16H25NO4/c18-15(9-11-5-7-21-8-6-11)17-13-4-2-1-3-12(13)10-14(17)16(19)20/h11-14H,1-10H2,(H,19,20)/t12-,13-,14-/m0/s1. The van der Waals surface area contributed by atoms with Crippen LogP contribution in [0, 0.1) is 11.8 Å². The van der Waals surface area contributed by atoms with E-state index in [1.807, 2.05) is 0 Å². The fraction of sp³-hybridized carbons (Fsp3) is 0.875. The van der Waals surface area contributed by atoms with E-state index in [-0.39, 0.29) is 11.9 Å². The quantitative estimate of drug-likeness (QED) is 0.865. The van der Waals surface area contributed by atoms with Gasteiger partial charge in [-0.3, -0.25) is 4.79 Å². The first-order valence-electron chi connectivity index (χ1n) is 8.28. The van der Waals surface area contributed by atoms with Crippen LogP contribution in [0.25, 0.3) is 0 Å². The van der Waals surface area contributed by atoms with Crippen LogP contribution in [0.1, 0.15) is 51.4 Å². The predicted octanol–water partition coefficient (Wildman–Crippen LogP) is 2.05. The highest BCUT2D eigenvalue weighted by atomic mass is 16.5. The van der Waals surface area contributed by atoms with Gasteiger partial charge >= 0.3 is 5.97 Å². The van der Waals surface area contributed by atoms with Gasteiger partial charge in [0.2, 0.25) is 5.91 Å². The maximum absolute atomic E-state index is 12.7. The van der Waals surface area contributed by atoms with E-state index in [9.17, 15) is 14.7 Å². The summed E-state index contributed by atoms with van der Waals surface area (Å²) in [6.07, 6.45) is 7.35. The van der Waals surface area contributed by atoms with Gasteiger partial charge in [-0.25, -0.2) is 4.79 Å². The number of carboxylic acids is 1. The Morgan fingerprint density at radius 3 is 2.52 bits per heavy atom. The van der Waals surface area contributed by atoms with Crippen molar-refractivity contribution >= 4 is 11.9 Å². The van der Waals surface area contributed by atoms with Crippen molar-refractivity contribution in [1.82, 2.24) is 4.90 Å². The molecule has 0 unspecified atom stereocenters. The van der Waals surface area contributed by atoms with Gasteiger partial charge in [-0.15, -0.1) is 0 Å². The molecule has 21 heavy (non-hydrogen) atoms. The summed E-state index contributed by atoms with van der Waals surface area (Å²) >= 11 is 0. The van der Waals surface area contributed by atoms with Crippen LogP contribution in [-0.2, 0) is 14.3 Å². The van der Waals surface area contributed by atoms with Crippen LogP contribution in [0.15, 0.2) is 0 Å². The Bertz CT molecular complexity index is 405. The van der Waals surface area contributed by atoms with Gasteiger partial charge in [-0.1, -0.05) is 12.8 Å². The molecule has 2 saturated heterocycles. The molecule has 0 aromatic heterocycles. The Hall–Kier alpha value is -1.10. The maximum atomic E-state index is 12.7. The molecule has 118 valence electrons. The molecule has 3 rings (SSSR count). The minimum Gasteiger partial charge on any atom is -0.480 e. The van der Waals surface area contributed by atoms with Crippen LogP contribution in [0.5, 0.6) is 0 Å². The van der Waals surface area contributed by atoms with E-state index in [4.69, 9.17) is 4.74 Å². The summed E-state index contributed by atoms with van der Waals surface area (Å²) in [6.45, 7) is 1.46. The van der Waals surface area contributed by atoms with Crippen molar-refractivity contribution in [2.24, 2.45) is 11.8 Å². The number of likely N-dealkylation sites (tertiary alicyclic amines) is 1. The topological polar surface area (TPSA) is 66.8 Å². The number of hydrogen-bond donors (Lipinski definition) is 1. The van der Waals surface area contributed by atoms with E-state index in [0.717, 1.165) is 45.3 Å². The zero-order valence-electron chi connectivity index (χ0n) is 12.5. The highest BCUT2D eigenvalue weighted by Crippen LogP contribution is 2.40. The number of carbonyl (C=O) groups excluding carboxylic acids is 1. The number of amides is 1. The van der Waals surface area contributed by atoms with Crippen molar-refractivity contribution < 1.29 is 19.4 Å². The molecule has 0 bridgehead atoms. The molecule has 0 radical (unpaired) electrons. The predicted molar refractivity (Wildman–Crippen MR) is 76.8 cm³/mol. The van der Waals surface area contributed by atoms with Crippen LogP contribution in [0.3, 0.4) is 0 Å². The van der Waals surface area contributed by atoms with E-state index in [0.29, 0.717) is 24.7 Å². The average Bonchev–Trinajstić information content (AvgIpc) is 2.88. The third-order valence-corrected chi connectivity index (χ3v) is 5.47. The molecule has 3 aliphatic rings. The molecule has 2 aliphatic heterocycles. The molecular weight excluding hydrogens is 270 g/mol. The lowest BCUT2D eigenvalue weighted by molar-refractivity contribution is -0.150. The summed E-state index contributed by atoms with van der Waals surface area (Å²) in [4.78, 5) is 26.0. The minimum atomic E-state index is -0.829. The van der Waals surface area contributed by atoms with Gasteiger partial charge in [0, 0.05) is 25.7 Å². The number of nitrogens with zero attached hydrogens (tertiary/aromatic N) is 1. The normalized spacial score (nSPS) is 33.7. The summed E-state index contributed by atoms with van der Waals surface area (Å²) in [7, 11) is 0. The number of carbonyl (C=O) groups is 2. The molecule has 3 fully saturated rings. The van der Waals surface area contributed by atoms with Crippen molar-refractivity contribution in [3.63, 3.8) is 0 Å². The molecule has 0 spiro atoms. The molecule has 3 atom stereocenters. The summed E-state index contributed by atoms with van der Waals surface area (Å²) in [5.74, 6) is -0.00440. The number of ether oxygens (including phenoxy) is 1. The number of carboxylic acid groups (broad SMARTS) is 1. The first-order valence-corrected chi connectivity index (χ1v) is 8.28. The van der Waals surface area contributed by atoms with Gasteiger partial charge in [0.15, 0.2) is 0 Å².